The third-order valence-corrected chi connectivity index (χ3v) is 4.76. The number of amides is 1. The molecule has 2 atom stereocenters. The van der Waals surface area contributed by atoms with E-state index in [-0.39, 0.29) is 12.1 Å². The van der Waals surface area contributed by atoms with Crippen LogP contribution in [0.15, 0.2) is 30.3 Å². The minimum atomic E-state index is -0.456. The number of alkyl carbamates (subject to hydrolysis) is 1. The van der Waals surface area contributed by atoms with Gasteiger partial charge in [0.05, 0.1) is 20.1 Å². The van der Waals surface area contributed by atoms with Crippen LogP contribution >= 0.6 is 0 Å². The number of nitrogens with zero attached hydrogens (tertiary/aromatic N) is 1. The fourth-order valence-corrected chi connectivity index (χ4v) is 3.75. The molecule has 0 heterocycles. The largest absolute Gasteiger partial charge is 0.444 e. The first-order valence-electron chi connectivity index (χ1n) is 9.03. The van der Waals surface area contributed by atoms with Crippen molar-refractivity contribution in [2.75, 3.05) is 14.1 Å². The number of carbonyl (C=O) groups is 1. The number of hydrogen-bond donors (Lipinski definition) is 1. The molecule has 0 aliphatic heterocycles. The Bertz CT molecular complexity index is 534. The Hall–Kier alpha value is -1.55. The van der Waals surface area contributed by atoms with Crippen molar-refractivity contribution >= 4 is 6.09 Å². The minimum absolute atomic E-state index is 0.173. The fraction of sp³-hybridized carbons (Fsp3) is 0.650. The summed E-state index contributed by atoms with van der Waals surface area (Å²) in [6, 6.07) is 11.2. The summed E-state index contributed by atoms with van der Waals surface area (Å²) in [4.78, 5) is 12.2. The van der Waals surface area contributed by atoms with Crippen LogP contribution in [0, 0.1) is 0 Å². The van der Waals surface area contributed by atoms with Gasteiger partial charge in [-0.15, -0.1) is 0 Å². The van der Waals surface area contributed by atoms with Gasteiger partial charge in [-0.1, -0.05) is 36.8 Å². The summed E-state index contributed by atoms with van der Waals surface area (Å²) in [5.41, 5.74) is 0.881. The topological polar surface area (TPSA) is 38.3 Å². The van der Waals surface area contributed by atoms with Crippen LogP contribution in [0.5, 0.6) is 0 Å². The molecule has 1 fully saturated rings. The number of hydrogen-bond acceptors (Lipinski definition) is 2. The van der Waals surface area contributed by atoms with Gasteiger partial charge in [0.15, 0.2) is 0 Å². The highest BCUT2D eigenvalue weighted by Gasteiger charge is 2.39. The van der Waals surface area contributed by atoms with Gasteiger partial charge in [-0.05, 0) is 33.6 Å². The van der Waals surface area contributed by atoms with Crippen molar-refractivity contribution in [3.63, 3.8) is 0 Å². The average molecular weight is 333 g/mol. The van der Waals surface area contributed by atoms with Crippen molar-refractivity contribution in [1.82, 2.24) is 5.32 Å². The van der Waals surface area contributed by atoms with E-state index in [1.54, 1.807) is 0 Å². The molecule has 1 saturated carbocycles. The van der Waals surface area contributed by atoms with Crippen LogP contribution in [-0.2, 0) is 11.3 Å². The van der Waals surface area contributed by atoms with Crippen molar-refractivity contribution in [3.8, 4) is 0 Å². The van der Waals surface area contributed by atoms with Gasteiger partial charge < -0.3 is 14.5 Å². The van der Waals surface area contributed by atoms with Crippen molar-refractivity contribution in [3.05, 3.63) is 35.9 Å². The lowest BCUT2D eigenvalue weighted by atomic mass is 9.87. The number of rotatable bonds is 4. The second-order valence-corrected chi connectivity index (χ2v) is 8.53. The highest BCUT2D eigenvalue weighted by molar-refractivity contribution is 5.68. The summed E-state index contributed by atoms with van der Waals surface area (Å²) in [6.45, 7) is 6.68. The molecule has 4 nitrogen and oxygen atoms in total. The van der Waals surface area contributed by atoms with Gasteiger partial charge in [-0.25, -0.2) is 4.79 Å². The molecule has 4 heteroatoms. The van der Waals surface area contributed by atoms with E-state index in [0.717, 1.165) is 23.9 Å². The van der Waals surface area contributed by atoms with Crippen LogP contribution in [0.1, 0.15) is 52.0 Å². The lowest BCUT2D eigenvalue weighted by Crippen LogP contribution is -2.60. The van der Waals surface area contributed by atoms with E-state index < -0.39 is 5.60 Å². The maximum absolute atomic E-state index is 12.2. The normalized spacial score (nSPS) is 22.0. The molecule has 0 radical (unpaired) electrons. The smallest absolute Gasteiger partial charge is 0.408 e. The van der Waals surface area contributed by atoms with Gasteiger partial charge in [-0.2, -0.15) is 0 Å². The first kappa shape index (κ1) is 18.8. The summed E-state index contributed by atoms with van der Waals surface area (Å²) in [6.07, 6.45) is 4.27. The van der Waals surface area contributed by atoms with E-state index in [9.17, 15) is 4.79 Å². The van der Waals surface area contributed by atoms with Gasteiger partial charge in [-0.3, -0.25) is 0 Å². The fourth-order valence-electron chi connectivity index (χ4n) is 3.75. The monoisotopic (exact) mass is 333 g/mol. The van der Waals surface area contributed by atoms with Crippen LogP contribution in [0.3, 0.4) is 0 Å². The first-order chi connectivity index (χ1) is 11.2. The molecule has 0 spiro atoms. The number of quaternary nitrogens is 1. The Morgan fingerprint density at radius 3 is 2.42 bits per heavy atom. The van der Waals surface area contributed by atoms with Gasteiger partial charge in [0, 0.05) is 12.0 Å². The molecule has 0 saturated heterocycles. The molecule has 1 amide bonds. The second-order valence-electron chi connectivity index (χ2n) is 8.53. The number of ether oxygens (including phenoxy) is 1. The van der Waals surface area contributed by atoms with Crippen LogP contribution in [0.4, 0.5) is 4.79 Å². The molecule has 1 aromatic carbocycles. The van der Waals surface area contributed by atoms with Crippen LogP contribution < -0.4 is 5.32 Å². The number of likely N-dealkylation sites (N-methyl/N-ethyl adjacent to an activating group) is 1. The molecule has 134 valence electrons. The standard InChI is InChI=1S/C20H32N2O2/c1-20(2,3)24-19(23)21-17-13-9-10-14-18(17)22(4,5)15-16-11-7-6-8-12-16/h6-8,11-12,17-18H,9-10,13-15H2,1-5H3/p+1. The second kappa shape index (κ2) is 7.56. The molecule has 24 heavy (non-hydrogen) atoms. The number of nitrogens with one attached hydrogen (secondary N) is 1. The Morgan fingerprint density at radius 2 is 1.79 bits per heavy atom. The lowest BCUT2D eigenvalue weighted by Gasteiger charge is -2.44. The van der Waals surface area contributed by atoms with E-state index >= 15 is 0 Å². The van der Waals surface area contributed by atoms with Gasteiger partial charge in [0.1, 0.15) is 18.2 Å². The Kier molecular flexibility index (Phi) is 5.92. The zero-order chi connectivity index (χ0) is 17.8. The first-order valence-corrected chi connectivity index (χ1v) is 9.03. The van der Waals surface area contributed by atoms with Gasteiger partial charge >= 0.3 is 6.09 Å². The summed E-state index contributed by atoms with van der Waals surface area (Å²) in [5.74, 6) is 0. The number of benzene rings is 1. The van der Waals surface area contributed by atoms with E-state index in [2.05, 4.69) is 49.7 Å². The Balaban J connectivity index is 2.06. The summed E-state index contributed by atoms with van der Waals surface area (Å²) < 4.78 is 6.34. The van der Waals surface area contributed by atoms with Crippen LogP contribution in [0.2, 0.25) is 0 Å². The molecule has 0 bridgehead atoms. The molecular weight excluding hydrogens is 300 g/mol. The van der Waals surface area contributed by atoms with E-state index in [4.69, 9.17) is 4.74 Å². The van der Waals surface area contributed by atoms with Gasteiger partial charge in [0.25, 0.3) is 0 Å². The van der Waals surface area contributed by atoms with Crippen molar-refractivity contribution in [1.29, 1.82) is 0 Å². The Morgan fingerprint density at radius 1 is 1.17 bits per heavy atom. The molecule has 1 aliphatic carbocycles. The van der Waals surface area contributed by atoms with Crippen molar-refractivity contribution in [2.45, 2.75) is 70.7 Å². The average Bonchev–Trinajstić information content (AvgIpc) is 2.46. The molecular formula is C20H33N2O2+. The third-order valence-electron chi connectivity index (χ3n) is 4.76. The lowest BCUT2D eigenvalue weighted by molar-refractivity contribution is -0.930. The summed E-state index contributed by atoms with van der Waals surface area (Å²) in [7, 11) is 4.54. The number of carbonyl (C=O) groups excluding carboxylic acids is 1. The van der Waals surface area contributed by atoms with Gasteiger partial charge in [0.2, 0.25) is 0 Å². The van der Waals surface area contributed by atoms with E-state index in [1.165, 1.54) is 18.4 Å². The zero-order valence-electron chi connectivity index (χ0n) is 15.8. The van der Waals surface area contributed by atoms with Crippen LogP contribution in [-0.4, -0.2) is 42.4 Å². The van der Waals surface area contributed by atoms with E-state index in [0.29, 0.717) is 6.04 Å². The van der Waals surface area contributed by atoms with Crippen molar-refractivity contribution < 1.29 is 14.0 Å². The predicted molar refractivity (Wildman–Crippen MR) is 97.7 cm³/mol. The summed E-state index contributed by atoms with van der Waals surface area (Å²) >= 11 is 0. The molecule has 2 unspecified atom stereocenters. The molecule has 1 N–H and O–H groups in total. The molecule has 1 aromatic rings. The Labute approximate surface area is 146 Å². The zero-order valence-corrected chi connectivity index (χ0v) is 15.8. The van der Waals surface area contributed by atoms with Crippen LogP contribution in [0.25, 0.3) is 0 Å². The maximum atomic E-state index is 12.2. The highest BCUT2D eigenvalue weighted by atomic mass is 16.6. The summed E-state index contributed by atoms with van der Waals surface area (Å²) in [5, 5.41) is 3.14. The van der Waals surface area contributed by atoms with Crippen molar-refractivity contribution in [2.24, 2.45) is 0 Å². The SMILES string of the molecule is CC(C)(C)OC(=O)NC1CCCCC1[N+](C)(C)Cc1ccccc1. The minimum Gasteiger partial charge on any atom is -0.444 e. The molecule has 2 rings (SSSR count). The quantitative estimate of drug-likeness (QED) is 0.843. The van der Waals surface area contributed by atoms with E-state index in [1.807, 2.05) is 20.8 Å². The molecule has 0 aromatic heterocycles. The maximum Gasteiger partial charge on any atom is 0.408 e. The third kappa shape index (κ3) is 5.52. The molecule has 1 aliphatic rings. The highest BCUT2D eigenvalue weighted by Crippen LogP contribution is 2.28. The predicted octanol–water partition coefficient (Wildman–Crippen LogP) is 4.10.